The quantitative estimate of drug-likeness (QED) is 0.888. The third kappa shape index (κ3) is 3.49. The van der Waals surface area contributed by atoms with Crippen LogP contribution in [0.1, 0.15) is 38.2 Å². The van der Waals surface area contributed by atoms with E-state index in [1.54, 1.807) is 0 Å². The molecule has 2 unspecified atom stereocenters. The molecule has 2 fully saturated rings. The highest BCUT2D eigenvalue weighted by atomic mass is 16.6. The molecule has 2 atom stereocenters. The van der Waals surface area contributed by atoms with Crippen LogP contribution in [0.5, 0.6) is 0 Å². The van der Waals surface area contributed by atoms with E-state index in [0.29, 0.717) is 19.4 Å². The largest absolute Gasteiger partial charge is 0.479 e. The first-order chi connectivity index (χ1) is 12.1. The van der Waals surface area contributed by atoms with Gasteiger partial charge in [0.1, 0.15) is 12.1 Å². The molecule has 1 aromatic carbocycles. The maximum atomic E-state index is 12.7. The molecular formula is C19H26N2O4. The predicted molar refractivity (Wildman–Crippen MR) is 93.2 cm³/mol. The highest BCUT2D eigenvalue weighted by molar-refractivity contribution is 5.84. The lowest BCUT2D eigenvalue weighted by Gasteiger charge is -2.46. The minimum absolute atomic E-state index is 0.154. The first kappa shape index (κ1) is 17.7. The summed E-state index contributed by atoms with van der Waals surface area (Å²) >= 11 is 0. The van der Waals surface area contributed by atoms with Crippen LogP contribution >= 0.6 is 0 Å². The van der Waals surface area contributed by atoms with Crippen molar-refractivity contribution >= 4 is 12.1 Å². The molecule has 0 aromatic heterocycles. The molecular weight excluding hydrogens is 320 g/mol. The van der Waals surface area contributed by atoms with Crippen molar-refractivity contribution in [2.75, 3.05) is 19.6 Å². The van der Waals surface area contributed by atoms with Crippen LogP contribution in [0, 0.1) is 0 Å². The van der Waals surface area contributed by atoms with Gasteiger partial charge in [0, 0.05) is 19.1 Å². The zero-order valence-corrected chi connectivity index (χ0v) is 14.7. The van der Waals surface area contributed by atoms with Crippen molar-refractivity contribution < 1.29 is 19.4 Å². The Labute approximate surface area is 148 Å². The van der Waals surface area contributed by atoms with E-state index < -0.39 is 17.6 Å². The zero-order chi connectivity index (χ0) is 17.9. The number of piperidine rings is 1. The van der Waals surface area contributed by atoms with Gasteiger partial charge >= 0.3 is 12.1 Å². The van der Waals surface area contributed by atoms with Gasteiger partial charge in [-0.25, -0.2) is 9.59 Å². The number of carbonyl (C=O) groups is 2. The number of amides is 1. The van der Waals surface area contributed by atoms with Crippen LogP contribution in [0.25, 0.3) is 0 Å². The molecule has 0 saturated carbocycles. The lowest BCUT2D eigenvalue weighted by Crippen LogP contribution is -2.63. The molecule has 3 rings (SSSR count). The second-order valence-corrected chi connectivity index (χ2v) is 6.91. The third-order valence-corrected chi connectivity index (χ3v) is 5.54. The monoisotopic (exact) mass is 346 g/mol. The summed E-state index contributed by atoms with van der Waals surface area (Å²) in [5.74, 6) is -0.919. The average Bonchev–Trinajstić information content (AvgIpc) is 3.08. The number of benzene rings is 1. The van der Waals surface area contributed by atoms with E-state index in [2.05, 4.69) is 4.90 Å². The molecule has 1 N–H and O–H groups in total. The van der Waals surface area contributed by atoms with E-state index >= 15 is 0 Å². The van der Waals surface area contributed by atoms with Gasteiger partial charge in [-0.15, -0.1) is 0 Å². The van der Waals surface area contributed by atoms with Gasteiger partial charge in [-0.3, -0.25) is 4.90 Å². The van der Waals surface area contributed by atoms with Gasteiger partial charge < -0.3 is 14.7 Å². The van der Waals surface area contributed by atoms with Crippen molar-refractivity contribution in [2.45, 2.75) is 50.8 Å². The smallest absolute Gasteiger partial charge is 0.411 e. The van der Waals surface area contributed by atoms with Gasteiger partial charge in [0.2, 0.25) is 0 Å². The lowest BCUT2D eigenvalue weighted by molar-refractivity contribution is -0.155. The fraction of sp³-hybridized carbons (Fsp3) is 0.579. The Kier molecular flexibility index (Phi) is 5.27. The Hall–Kier alpha value is -2.08. The summed E-state index contributed by atoms with van der Waals surface area (Å²) < 4.78 is 5.43. The summed E-state index contributed by atoms with van der Waals surface area (Å²) in [4.78, 5) is 28.6. The fourth-order valence-electron chi connectivity index (χ4n) is 4.20. The van der Waals surface area contributed by atoms with Crippen molar-refractivity contribution in [3.63, 3.8) is 0 Å². The van der Waals surface area contributed by atoms with Crippen LogP contribution in [0.4, 0.5) is 4.79 Å². The van der Waals surface area contributed by atoms with Gasteiger partial charge in [0.15, 0.2) is 0 Å². The fourth-order valence-corrected chi connectivity index (χ4v) is 4.20. The minimum Gasteiger partial charge on any atom is -0.479 e. The van der Waals surface area contributed by atoms with E-state index in [9.17, 15) is 14.7 Å². The Balaban J connectivity index is 1.74. The van der Waals surface area contributed by atoms with Crippen molar-refractivity contribution in [3.8, 4) is 0 Å². The summed E-state index contributed by atoms with van der Waals surface area (Å²) in [5, 5.41) is 9.98. The number of likely N-dealkylation sites (N-methyl/N-ethyl adjacent to an activating group) is 1. The minimum atomic E-state index is -1.16. The van der Waals surface area contributed by atoms with Crippen LogP contribution < -0.4 is 0 Å². The number of aliphatic carboxylic acids is 1. The maximum Gasteiger partial charge on any atom is 0.411 e. The Bertz CT molecular complexity index is 621. The molecule has 0 bridgehead atoms. The number of carboxylic acids is 1. The molecule has 2 aliphatic rings. The van der Waals surface area contributed by atoms with E-state index in [1.807, 2.05) is 37.3 Å². The number of nitrogens with zero attached hydrogens (tertiary/aromatic N) is 2. The number of hydrogen-bond donors (Lipinski definition) is 1. The second kappa shape index (κ2) is 7.44. The molecule has 6 heteroatoms. The maximum absolute atomic E-state index is 12.7. The van der Waals surface area contributed by atoms with E-state index in [-0.39, 0.29) is 12.6 Å². The Morgan fingerprint density at radius 1 is 1.32 bits per heavy atom. The van der Waals surface area contributed by atoms with Gasteiger partial charge in [-0.05, 0) is 44.7 Å². The van der Waals surface area contributed by atoms with Crippen molar-refractivity contribution in [2.24, 2.45) is 0 Å². The molecule has 2 aliphatic heterocycles. The van der Waals surface area contributed by atoms with E-state index in [0.717, 1.165) is 31.5 Å². The van der Waals surface area contributed by atoms with Crippen LogP contribution in [0.15, 0.2) is 30.3 Å². The highest BCUT2D eigenvalue weighted by Crippen LogP contribution is 2.37. The van der Waals surface area contributed by atoms with Crippen LogP contribution in [-0.4, -0.2) is 58.2 Å². The number of carboxylic acid groups (broad SMARTS) is 1. The number of rotatable bonds is 5. The SMILES string of the molecule is CCN(C(=O)OCc1ccccc1)C1(C(=O)O)CCN2CCCC2C1. The first-order valence-corrected chi connectivity index (χ1v) is 9.02. The number of carbonyl (C=O) groups excluding carboxylic acids is 1. The van der Waals surface area contributed by atoms with Gasteiger partial charge in [-0.2, -0.15) is 0 Å². The topological polar surface area (TPSA) is 70.1 Å². The standard InChI is InChI=1S/C19H26N2O4/c1-2-21(18(24)25-14-15-7-4-3-5-8-15)19(17(22)23)10-12-20-11-6-9-16(20)13-19/h3-5,7-8,16H,2,6,9-14H2,1H3,(H,22,23). The highest BCUT2D eigenvalue weighted by Gasteiger charge is 2.52. The normalized spacial score (nSPS) is 26.0. The molecule has 2 heterocycles. The molecule has 0 radical (unpaired) electrons. The lowest BCUT2D eigenvalue weighted by atomic mass is 9.81. The second-order valence-electron chi connectivity index (χ2n) is 6.91. The molecule has 0 spiro atoms. The number of fused-ring (bicyclic) bond motifs is 1. The zero-order valence-electron chi connectivity index (χ0n) is 14.7. The summed E-state index contributed by atoms with van der Waals surface area (Å²) in [5.41, 5.74) is -0.268. The van der Waals surface area contributed by atoms with Gasteiger partial charge in [0.05, 0.1) is 0 Å². The molecule has 0 aliphatic carbocycles. The van der Waals surface area contributed by atoms with Crippen LogP contribution in [0.3, 0.4) is 0 Å². The first-order valence-electron chi connectivity index (χ1n) is 9.02. The summed E-state index contributed by atoms with van der Waals surface area (Å²) in [7, 11) is 0. The summed E-state index contributed by atoms with van der Waals surface area (Å²) in [6.07, 6.45) is 2.50. The van der Waals surface area contributed by atoms with Gasteiger partial charge in [-0.1, -0.05) is 30.3 Å². The van der Waals surface area contributed by atoms with Gasteiger partial charge in [0.25, 0.3) is 0 Å². The molecule has 1 aromatic rings. The molecule has 2 saturated heterocycles. The molecule has 6 nitrogen and oxygen atoms in total. The Morgan fingerprint density at radius 2 is 2.08 bits per heavy atom. The molecule has 1 amide bonds. The van der Waals surface area contributed by atoms with Crippen molar-refractivity contribution in [1.82, 2.24) is 9.80 Å². The van der Waals surface area contributed by atoms with Crippen LogP contribution in [-0.2, 0) is 16.1 Å². The van der Waals surface area contributed by atoms with Crippen molar-refractivity contribution in [3.05, 3.63) is 35.9 Å². The molecule has 25 heavy (non-hydrogen) atoms. The average molecular weight is 346 g/mol. The predicted octanol–water partition coefficient (Wildman–Crippen LogP) is 2.73. The number of hydrogen-bond acceptors (Lipinski definition) is 4. The van der Waals surface area contributed by atoms with Crippen molar-refractivity contribution in [1.29, 1.82) is 0 Å². The van der Waals surface area contributed by atoms with E-state index in [1.165, 1.54) is 4.90 Å². The number of ether oxygens (including phenoxy) is 1. The third-order valence-electron chi connectivity index (χ3n) is 5.54. The summed E-state index contributed by atoms with van der Waals surface area (Å²) in [6, 6.07) is 9.69. The molecule has 136 valence electrons. The Morgan fingerprint density at radius 3 is 2.76 bits per heavy atom. The summed E-state index contributed by atoms with van der Waals surface area (Å²) in [6.45, 7) is 4.05. The van der Waals surface area contributed by atoms with E-state index in [4.69, 9.17) is 4.74 Å². The van der Waals surface area contributed by atoms with Crippen LogP contribution in [0.2, 0.25) is 0 Å².